The average Bonchev–Trinajstić information content (AvgIpc) is 1.99. The summed E-state index contributed by atoms with van der Waals surface area (Å²) in [6, 6.07) is 0. The summed E-state index contributed by atoms with van der Waals surface area (Å²) in [4.78, 5) is 11.1. The van der Waals surface area contributed by atoms with Crippen molar-refractivity contribution in [3.8, 4) is 0 Å². The molecule has 0 rings (SSSR count). The van der Waals surface area contributed by atoms with Crippen molar-refractivity contribution in [1.82, 2.24) is 0 Å². The summed E-state index contributed by atoms with van der Waals surface area (Å²) in [5.41, 5.74) is 0. The summed E-state index contributed by atoms with van der Waals surface area (Å²) in [5, 5.41) is 0. The molecule has 0 amide bonds. The molecule has 0 aliphatic rings. The Morgan fingerprint density at radius 2 is 2.30 bits per heavy atom. The fraction of sp³-hybridized carbons (Fsp3) is 0.625. The summed E-state index contributed by atoms with van der Waals surface area (Å²) >= 11 is 1.64. The van der Waals surface area contributed by atoms with Crippen LogP contribution >= 0.6 is 11.8 Å². The second kappa shape index (κ2) is 6.87. The van der Waals surface area contributed by atoms with E-state index in [4.69, 9.17) is 0 Å². The van der Waals surface area contributed by atoms with Gasteiger partial charge in [0.05, 0.1) is 0 Å². The van der Waals surface area contributed by atoms with Crippen LogP contribution in [0, 0.1) is 0 Å². The van der Waals surface area contributed by atoms with Gasteiger partial charge in [0.2, 0.25) is 0 Å². The molecule has 0 bridgehead atoms. The summed E-state index contributed by atoms with van der Waals surface area (Å²) in [6.45, 7) is 4.04. The van der Waals surface area contributed by atoms with Crippen LogP contribution in [-0.2, 0) is 4.79 Å². The lowest BCUT2D eigenvalue weighted by atomic mass is 10.4. The molecule has 0 aliphatic heterocycles. The minimum Gasteiger partial charge on any atom is -0.297 e. The van der Waals surface area contributed by atoms with Gasteiger partial charge in [0.1, 0.15) is 0 Å². The van der Waals surface area contributed by atoms with Gasteiger partial charge in [-0.15, -0.1) is 11.8 Å². The molecule has 0 aromatic carbocycles. The SMILES string of the molecule is C/C=C(/C=O)SCCCC. The van der Waals surface area contributed by atoms with Crippen LogP contribution in [0.3, 0.4) is 0 Å². The van der Waals surface area contributed by atoms with E-state index in [1.807, 2.05) is 13.0 Å². The molecule has 0 spiro atoms. The molecule has 1 nitrogen and oxygen atoms in total. The van der Waals surface area contributed by atoms with Gasteiger partial charge in [-0.1, -0.05) is 19.4 Å². The Morgan fingerprint density at radius 3 is 2.70 bits per heavy atom. The molecule has 0 unspecified atom stereocenters. The third kappa shape index (κ3) is 4.62. The minimum atomic E-state index is 0.855. The van der Waals surface area contributed by atoms with Crippen molar-refractivity contribution >= 4 is 18.0 Å². The van der Waals surface area contributed by atoms with Crippen LogP contribution in [0.2, 0.25) is 0 Å². The molecule has 2 heteroatoms. The van der Waals surface area contributed by atoms with E-state index in [0.29, 0.717) is 0 Å². The summed E-state index contributed by atoms with van der Waals surface area (Å²) in [6.07, 6.45) is 5.16. The van der Waals surface area contributed by atoms with Crippen LogP contribution in [0.15, 0.2) is 11.0 Å². The van der Waals surface area contributed by atoms with Crippen LogP contribution in [-0.4, -0.2) is 12.0 Å². The van der Waals surface area contributed by atoms with Crippen molar-refractivity contribution in [2.24, 2.45) is 0 Å². The number of thioether (sulfide) groups is 1. The maximum absolute atomic E-state index is 10.2. The number of unbranched alkanes of at least 4 members (excludes halogenated alkanes) is 1. The minimum absolute atomic E-state index is 0.855. The number of hydrogen-bond donors (Lipinski definition) is 0. The van der Waals surface area contributed by atoms with E-state index in [9.17, 15) is 4.79 Å². The van der Waals surface area contributed by atoms with Gasteiger partial charge in [-0.3, -0.25) is 4.79 Å². The quantitative estimate of drug-likeness (QED) is 0.347. The first-order chi connectivity index (χ1) is 4.85. The third-order valence-electron chi connectivity index (χ3n) is 1.17. The Kier molecular flexibility index (Phi) is 6.71. The Morgan fingerprint density at radius 1 is 1.60 bits per heavy atom. The molecule has 0 fully saturated rings. The van der Waals surface area contributed by atoms with E-state index >= 15 is 0 Å². The summed E-state index contributed by atoms with van der Waals surface area (Å²) in [5.74, 6) is 1.06. The molecule has 0 heterocycles. The first-order valence-electron chi connectivity index (χ1n) is 3.59. The standard InChI is InChI=1S/C8H14OS/c1-3-5-6-10-8(4-2)7-9/h4,7H,3,5-6H2,1-2H3/b8-4-. The van der Waals surface area contributed by atoms with Gasteiger partial charge < -0.3 is 0 Å². The van der Waals surface area contributed by atoms with Crippen molar-refractivity contribution in [2.75, 3.05) is 5.75 Å². The van der Waals surface area contributed by atoms with Gasteiger partial charge in [0.15, 0.2) is 6.29 Å². The fourth-order valence-corrected chi connectivity index (χ4v) is 1.42. The predicted molar refractivity (Wildman–Crippen MR) is 47.2 cm³/mol. The highest BCUT2D eigenvalue weighted by molar-refractivity contribution is 8.03. The molecule has 0 atom stereocenters. The van der Waals surface area contributed by atoms with Crippen molar-refractivity contribution in [2.45, 2.75) is 26.7 Å². The Labute approximate surface area is 66.9 Å². The van der Waals surface area contributed by atoms with E-state index < -0.39 is 0 Å². The fourth-order valence-electron chi connectivity index (χ4n) is 0.520. The summed E-state index contributed by atoms with van der Waals surface area (Å²) < 4.78 is 0. The molecule has 0 radical (unpaired) electrons. The third-order valence-corrected chi connectivity index (χ3v) is 2.33. The van der Waals surface area contributed by atoms with E-state index in [-0.39, 0.29) is 0 Å². The Balaban J connectivity index is 3.36. The molecule has 0 aromatic rings. The highest BCUT2D eigenvalue weighted by atomic mass is 32.2. The van der Waals surface area contributed by atoms with Crippen LogP contribution < -0.4 is 0 Å². The van der Waals surface area contributed by atoms with E-state index in [0.717, 1.165) is 16.9 Å². The number of allylic oxidation sites excluding steroid dienone is 2. The lowest BCUT2D eigenvalue weighted by Gasteiger charge is -1.95. The van der Waals surface area contributed by atoms with E-state index in [2.05, 4.69) is 6.92 Å². The highest BCUT2D eigenvalue weighted by Crippen LogP contribution is 2.14. The van der Waals surface area contributed by atoms with Crippen LogP contribution in [0.4, 0.5) is 0 Å². The maximum Gasteiger partial charge on any atom is 0.156 e. The number of hydrogen-bond acceptors (Lipinski definition) is 2. The topological polar surface area (TPSA) is 17.1 Å². The lowest BCUT2D eigenvalue weighted by molar-refractivity contribution is -0.104. The molecular formula is C8H14OS. The molecule has 0 aliphatic carbocycles. The van der Waals surface area contributed by atoms with Gasteiger partial charge in [-0.2, -0.15) is 0 Å². The molecule has 0 saturated carbocycles. The smallest absolute Gasteiger partial charge is 0.156 e. The zero-order chi connectivity index (χ0) is 7.82. The van der Waals surface area contributed by atoms with Gasteiger partial charge in [0.25, 0.3) is 0 Å². The Hall–Kier alpha value is -0.240. The first-order valence-corrected chi connectivity index (χ1v) is 4.58. The molecule has 0 aromatic heterocycles. The highest BCUT2D eigenvalue weighted by Gasteiger charge is 1.92. The predicted octanol–water partition coefficient (Wildman–Crippen LogP) is 2.62. The second-order valence-corrected chi connectivity index (χ2v) is 3.18. The van der Waals surface area contributed by atoms with Crippen molar-refractivity contribution < 1.29 is 4.79 Å². The van der Waals surface area contributed by atoms with Crippen LogP contribution in [0.1, 0.15) is 26.7 Å². The number of carbonyl (C=O) groups is 1. The van der Waals surface area contributed by atoms with Gasteiger partial charge in [0, 0.05) is 4.91 Å². The van der Waals surface area contributed by atoms with Gasteiger partial charge in [-0.05, 0) is 19.1 Å². The molecule has 0 saturated heterocycles. The van der Waals surface area contributed by atoms with Crippen molar-refractivity contribution in [3.63, 3.8) is 0 Å². The molecule has 58 valence electrons. The zero-order valence-corrected chi connectivity index (χ0v) is 7.41. The van der Waals surface area contributed by atoms with Gasteiger partial charge in [-0.25, -0.2) is 0 Å². The zero-order valence-electron chi connectivity index (χ0n) is 6.59. The largest absolute Gasteiger partial charge is 0.297 e. The van der Waals surface area contributed by atoms with Gasteiger partial charge >= 0.3 is 0 Å². The van der Waals surface area contributed by atoms with E-state index in [1.165, 1.54) is 12.8 Å². The average molecular weight is 158 g/mol. The molecule has 10 heavy (non-hydrogen) atoms. The van der Waals surface area contributed by atoms with Crippen molar-refractivity contribution in [3.05, 3.63) is 11.0 Å². The van der Waals surface area contributed by atoms with Crippen molar-refractivity contribution in [1.29, 1.82) is 0 Å². The first kappa shape index (κ1) is 9.76. The lowest BCUT2D eigenvalue weighted by Crippen LogP contribution is -1.81. The number of rotatable bonds is 5. The monoisotopic (exact) mass is 158 g/mol. The normalized spacial score (nSPS) is 11.6. The number of aldehydes is 1. The van der Waals surface area contributed by atoms with E-state index in [1.54, 1.807) is 11.8 Å². The second-order valence-electron chi connectivity index (χ2n) is 2.01. The number of carbonyl (C=O) groups excluding carboxylic acids is 1. The molecule has 0 N–H and O–H groups in total. The molecular weight excluding hydrogens is 144 g/mol. The Bertz CT molecular complexity index is 118. The summed E-state index contributed by atoms with van der Waals surface area (Å²) in [7, 11) is 0. The van der Waals surface area contributed by atoms with Crippen LogP contribution in [0.5, 0.6) is 0 Å². The van der Waals surface area contributed by atoms with Crippen LogP contribution in [0.25, 0.3) is 0 Å². The maximum atomic E-state index is 10.2.